The fourth-order valence-electron chi connectivity index (χ4n) is 1.41. The molecule has 1 saturated heterocycles. The van der Waals surface area contributed by atoms with Crippen LogP contribution in [-0.2, 0) is 9.47 Å². The smallest absolute Gasteiger partial charge is 0.146 e. The molecule has 0 amide bonds. The second kappa shape index (κ2) is 6.02. The number of thioether (sulfide) groups is 1. The average Bonchev–Trinajstić information content (AvgIpc) is 2.48. The van der Waals surface area contributed by atoms with Crippen LogP contribution >= 0.6 is 27.7 Å². The van der Waals surface area contributed by atoms with Crippen molar-refractivity contribution in [2.24, 2.45) is 0 Å². The van der Waals surface area contributed by atoms with Crippen molar-refractivity contribution in [3.05, 3.63) is 28.7 Å². The van der Waals surface area contributed by atoms with Crippen molar-refractivity contribution in [2.75, 3.05) is 20.0 Å². The van der Waals surface area contributed by atoms with Crippen LogP contribution in [0.2, 0.25) is 0 Å². The molecule has 0 saturated carbocycles. The first kappa shape index (κ1) is 12.4. The Kier molecular flexibility index (Phi) is 4.66. The molecule has 0 aliphatic carbocycles. The highest BCUT2D eigenvalue weighted by Gasteiger charge is 2.23. The molecule has 0 radical (unpaired) electrons. The predicted octanol–water partition coefficient (Wildman–Crippen LogP) is 2.28. The van der Waals surface area contributed by atoms with E-state index in [1.165, 1.54) is 0 Å². The van der Waals surface area contributed by atoms with Crippen molar-refractivity contribution in [1.29, 1.82) is 0 Å². The standard InChI is InChI=1S/C11H13BrO3S/c12-8-1-3-9(4-2-8)16-11-6-15-7-14-5-10(11)13/h1-4,10-11,13H,5-7H2/t10-,11-/m0/s1. The van der Waals surface area contributed by atoms with E-state index >= 15 is 0 Å². The van der Waals surface area contributed by atoms with Crippen LogP contribution in [0.1, 0.15) is 0 Å². The van der Waals surface area contributed by atoms with Crippen molar-refractivity contribution >= 4 is 27.7 Å². The minimum Gasteiger partial charge on any atom is -0.389 e. The summed E-state index contributed by atoms with van der Waals surface area (Å²) >= 11 is 5.01. The molecule has 2 atom stereocenters. The molecule has 5 heteroatoms. The van der Waals surface area contributed by atoms with Gasteiger partial charge in [0.25, 0.3) is 0 Å². The van der Waals surface area contributed by atoms with Gasteiger partial charge in [-0.25, -0.2) is 0 Å². The Morgan fingerprint density at radius 1 is 1.19 bits per heavy atom. The Labute approximate surface area is 107 Å². The highest BCUT2D eigenvalue weighted by molar-refractivity contribution is 9.10. The lowest BCUT2D eigenvalue weighted by molar-refractivity contribution is -0.0420. The zero-order chi connectivity index (χ0) is 11.4. The summed E-state index contributed by atoms with van der Waals surface area (Å²) in [5.41, 5.74) is 0. The van der Waals surface area contributed by atoms with E-state index in [2.05, 4.69) is 15.9 Å². The number of aliphatic hydroxyl groups excluding tert-OH is 1. The number of halogens is 1. The van der Waals surface area contributed by atoms with E-state index in [1.54, 1.807) is 11.8 Å². The monoisotopic (exact) mass is 304 g/mol. The topological polar surface area (TPSA) is 38.7 Å². The Bertz CT molecular complexity index is 331. The molecule has 2 rings (SSSR count). The van der Waals surface area contributed by atoms with E-state index in [0.717, 1.165) is 9.37 Å². The number of aliphatic hydroxyl groups is 1. The second-order valence-electron chi connectivity index (χ2n) is 3.54. The summed E-state index contributed by atoms with van der Waals surface area (Å²) in [7, 11) is 0. The number of ether oxygens (including phenoxy) is 2. The van der Waals surface area contributed by atoms with E-state index in [-0.39, 0.29) is 12.0 Å². The van der Waals surface area contributed by atoms with Crippen LogP contribution < -0.4 is 0 Å². The van der Waals surface area contributed by atoms with Crippen LogP contribution in [0.4, 0.5) is 0 Å². The van der Waals surface area contributed by atoms with Gasteiger partial charge in [0.15, 0.2) is 0 Å². The predicted molar refractivity (Wildman–Crippen MR) is 66.6 cm³/mol. The SMILES string of the molecule is O[C@H]1COCOC[C@@H]1Sc1ccc(Br)cc1. The summed E-state index contributed by atoms with van der Waals surface area (Å²) in [6, 6.07) is 8.02. The Balaban J connectivity index is 1.99. The van der Waals surface area contributed by atoms with E-state index in [0.29, 0.717) is 13.2 Å². The maximum absolute atomic E-state index is 9.83. The summed E-state index contributed by atoms with van der Waals surface area (Å²) in [5, 5.41) is 9.86. The maximum Gasteiger partial charge on any atom is 0.146 e. The third-order valence-electron chi connectivity index (χ3n) is 2.27. The van der Waals surface area contributed by atoms with Gasteiger partial charge in [0, 0.05) is 9.37 Å². The lowest BCUT2D eigenvalue weighted by Crippen LogP contribution is -2.28. The quantitative estimate of drug-likeness (QED) is 0.910. The Hall–Kier alpha value is -0.0700. The molecule has 1 heterocycles. The maximum atomic E-state index is 9.83. The highest BCUT2D eigenvalue weighted by atomic mass is 79.9. The van der Waals surface area contributed by atoms with Crippen LogP contribution in [0.15, 0.2) is 33.6 Å². The van der Waals surface area contributed by atoms with Crippen molar-refractivity contribution in [3.63, 3.8) is 0 Å². The van der Waals surface area contributed by atoms with Gasteiger partial charge in [0.1, 0.15) is 6.79 Å². The van der Waals surface area contributed by atoms with Gasteiger partial charge in [-0.15, -0.1) is 11.8 Å². The number of rotatable bonds is 2. The molecular weight excluding hydrogens is 292 g/mol. The van der Waals surface area contributed by atoms with E-state index < -0.39 is 6.10 Å². The Morgan fingerprint density at radius 2 is 1.88 bits per heavy atom. The molecule has 1 aromatic rings. The lowest BCUT2D eigenvalue weighted by Gasteiger charge is -2.17. The summed E-state index contributed by atoms with van der Waals surface area (Å²) in [5.74, 6) is 0. The highest BCUT2D eigenvalue weighted by Crippen LogP contribution is 2.28. The summed E-state index contributed by atoms with van der Waals surface area (Å²) in [6.45, 7) is 1.13. The van der Waals surface area contributed by atoms with Gasteiger partial charge in [-0.05, 0) is 24.3 Å². The van der Waals surface area contributed by atoms with E-state index in [4.69, 9.17) is 9.47 Å². The second-order valence-corrected chi connectivity index (χ2v) is 5.77. The first-order chi connectivity index (χ1) is 7.75. The van der Waals surface area contributed by atoms with Gasteiger partial charge in [-0.1, -0.05) is 15.9 Å². The zero-order valence-corrected chi connectivity index (χ0v) is 11.0. The molecule has 88 valence electrons. The molecule has 1 aliphatic rings. The molecule has 0 bridgehead atoms. The van der Waals surface area contributed by atoms with Gasteiger partial charge in [0.05, 0.1) is 24.6 Å². The largest absolute Gasteiger partial charge is 0.389 e. The molecule has 1 aliphatic heterocycles. The molecule has 0 spiro atoms. The molecule has 0 aromatic heterocycles. The van der Waals surface area contributed by atoms with E-state index in [9.17, 15) is 5.11 Å². The lowest BCUT2D eigenvalue weighted by atomic mass is 10.3. The van der Waals surface area contributed by atoms with Gasteiger partial charge < -0.3 is 14.6 Å². The minimum absolute atomic E-state index is 0.0312. The first-order valence-corrected chi connectivity index (χ1v) is 6.69. The zero-order valence-electron chi connectivity index (χ0n) is 8.64. The van der Waals surface area contributed by atoms with Gasteiger partial charge in [0.2, 0.25) is 0 Å². The summed E-state index contributed by atoms with van der Waals surface area (Å²) in [4.78, 5) is 1.12. The Morgan fingerprint density at radius 3 is 2.62 bits per heavy atom. The normalized spacial score (nSPS) is 26.4. The fraction of sp³-hybridized carbons (Fsp3) is 0.455. The molecular formula is C11H13BrO3S. The van der Waals surface area contributed by atoms with Crippen LogP contribution in [0.25, 0.3) is 0 Å². The molecule has 16 heavy (non-hydrogen) atoms. The van der Waals surface area contributed by atoms with E-state index in [1.807, 2.05) is 24.3 Å². The van der Waals surface area contributed by atoms with Crippen LogP contribution in [0.5, 0.6) is 0 Å². The molecule has 1 fully saturated rings. The van der Waals surface area contributed by atoms with Gasteiger partial charge in [-0.3, -0.25) is 0 Å². The number of benzene rings is 1. The molecule has 3 nitrogen and oxygen atoms in total. The molecule has 1 aromatic carbocycles. The molecule has 1 N–H and O–H groups in total. The number of hydrogen-bond acceptors (Lipinski definition) is 4. The third-order valence-corrected chi connectivity index (χ3v) is 4.09. The first-order valence-electron chi connectivity index (χ1n) is 5.01. The van der Waals surface area contributed by atoms with Crippen molar-refractivity contribution < 1.29 is 14.6 Å². The van der Waals surface area contributed by atoms with Gasteiger partial charge >= 0.3 is 0 Å². The third kappa shape index (κ3) is 3.46. The van der Waals surface area contributed by atoms with Crippen LogP contribution in [-0.4, -0.2) is 36.5 Å². The van der Waals surface area contributed by atoms with Gasteiger partial charge in [-0.2, -0.15) is 0 Å². The number of hydrogen-bond donors (Lipinski definition) is 1. The van der Waals surface area contributed by atoms with Crippen LogP contribution in [0.3, 0.4) is 0 Å². The molecule has 0 unspecified atom stereocenters. The fourth-order valence-corrected chi connectivity index (χ4v) is 2.72. The average molecular weight is 305 g/mol. The van der Waals surface area contributed by atoms with Crippen molar-refractivity contribution in [2.45, 2.75) is 16.2 Å². The van der Waals surface area contributed by atoms with Crippen molar-refractivity contribution in [3.8, 4) is 0 Å². The minimum atomic E-state index is -0.476. The summed E-state index contributed by atoms with van der Waals surface area (Å²) in [6.07, 6.45) is -0.476. The van der Waals surface area contributed by atoms with Crippen LogP contribution in [0, 0.1) is 0 Å². The summed E-state index contributed by atoms with van der Waals surface area (Å²) < 4.78 is 11.4. The van der Waals surface area contributed by atoms with Crippen molar-refractivity contribution in [1.82, 2.24) is 0 Å².